The van der Waals surface area contributed by atoms with Crippen LogP contribution in [0.3, 0.4) is 0 Å². The summed E-state index contributed by atoms with van der Waals surface area (Å²) >= 11 is 5.26. The first-order valence-corrected chi connectivity index (χ1v) is 9.77. The maximum absolute atomic E-state index is 13.4. The topological polar surface area (TPSA) is 93.1 Å². The van der Waals surface area contributed by atoms with Crippen LogP contribution in [0.4, 0.5) is 4.39 Å². The standard InChI is InChI=1S/C21H20FN3O4S/c1-28-15-9-11-7-8-23-18(14(11)10-16(15)29-2)17-19(26)24-21(30)25(20(17)27)13-5-3-12(22)4-6-13/h3-6,9-10,18,23,27H,7-8H2,1-2H3,(H,24,26,30)/p+1/t18-/m0/s1. The molecule has 0 unspecified atom stereocenters. The van der Waals surface area contributed by atoms with Gasteiger partial charge in [-0.1, -0.05) is 0 Å². The maximum atomic E-state index is 13.4. The van der Waals surface area contributed by atoms with Crippen LogP contribution in [-0.2, 0) is 6.42 Å². The number of aromatic nitrogens is 2. The molecule has 1 atom stereocenters. The van der Waals surface area contributed by atoms with Crippen LogP contribution in [0.25, 0.3) is 5.69 Å². The van der Waals surface area contributed by atoms with Crippen LogP contribution < -0.4 is 20.3 Å². The van der Waals surface area contributed by atoms with Gasteiger partial charge in [-0.3, -0.25) is 14.3 Å². The zero-order valence-corrected chi connectivity index (χ0v) is 17.3. The van der Waals surface area contributed by atoms with Gasteiger partial charge in [-0.2, -0.15) is 0 Å². The third-order valence-corrected chi connectivity index (χ3v) is 5.60. The highest BCUT2D eigenvalue weighted by atomic mass is 32.1. The number of benzene rings is 2. The summed E-state index contributed by atoms with van der Waals surface area (Å²) in [5.41, 5.74) is 2.00. The Labute approximate surface area is 176 Å². The van der Waals surface area contributed by atoms with E-state index in [1.807, 2.05) is 17.4 Å². The fraction of sp³-hybridized carbons (Fsp3) is 0.238. The second kappa shape index (κ2) is 7.92. The summed E-state index contributed by atoms with van der Waals surface area (Å²) < 4.78 is 25.5. The molecule has 2 aromatic carbocycles. The van der Waals surface area contributed by atoms with Crippen molar-refractivity contribution >= 4 is 12.2 Å². The number of aromatic hydroxyl groups is 1. The number of rotatable bonds is 4. The van der Waals surface area contributed by atoms with E-state index < -0.39 is 17.4 Å². The summed E-state index contributed by atoms with van der Waals surface area (Å²) in [5, 5.41) is 13.1. The van der Waals surface area contributed by atoms with Gasteiger partial charge >= 0.3 is 0 Å². The van der Waals surface area contributed by atoms with Crippen LogP contribution in [0, 0.1) is 10.6 Å². The van der Waals surface area contributed by atoms with Gasteiger partial charge < -0.3 is 19.9 Å². The normalized spacial score (nSPS) is 15.5. The van der Waals surface area contributed by atoms with Crippen LogP contribution in [0.1, 0.15) is 22.7 Å². The Morgan fingerprint density at radius 2 is 1.87 bits per heavy atom. The third-order valence-electron chi connectivity index (χ3n) is 5.31. The van der Waals surface area contributed by atoms with Gasteiger partial charge in [0, 0.05) is 12.0 Å². The number of hydrogen-bond donors (Lipinski definition) is 3. The smallest absolute Gasteiger partial charge is 0.265 e. The molecule has 30 heavy (non-hydrogen) atoms. The van der Waals surface area contributed by atoms with Crippen molar-refractivity contribution < 1.29 is 24.3 Å². The highest BCUT2D eigenvalue weighted by Gasteiger charge is 2.33. The van der Waals surface area contributed by atoms with Gasteiger partial charge in [0.05, 0.1) is 26.5 Å². The number of nitrogens with one attached hydrogen (secondary N) is 1. The van der Waals surface area contributed by atoms with Crippen LogP contribution in [0.15, 0.2) is 41.2 Å². The minimum absolute atomic E-state index is 0.0243. The van der Waals surface area contributed by atoms with E-state index in [9.17, 15) is 14.3 Å². The van der Waals surface area contributed by atoms with E-state index in [0.717, 1.165) is 24.1 Å². The van der Waals surface area contributed by atoms with Crippen molar-refractivity contribution in [1.29, 1.82) is 0 Å². The Hall–Kier alpha value is -3.17. The molecule has 0 amide bonds. The van der Waals surface area contributed by atoms with Crippen molar-refractivity contribution in [3.8, 4) is 23.1 Å². The monoisotopic (exact) mass is 430 g/mol. The van der Waals surface area contributed by atoms with Crippen molar-refractivity contribution in [2.24, 2.45) is 0 Å². The highest BCUT2D eigenvalue weighted by Crippen LogP contribution is 2.36. The molecule has 7 nitrogen and oxygen atoms in total. The fourth-order valence-electron chi connectivity index (χ4n) is 3.90. The predicted molar refractivity (Wildman–Crippen MR) is 111 cm³/mol. The zero-order chi connectivity index (χ0) is 21.4. The van der Waals surface area contributed by atoms with Gasteiger partial charge in [0.2, 0.25) is 5.88 Å². The SMILES string of the molecule is COc1cc2c(cc1OC)[C@@H](c1c(O)n(-c3ccc(F)cc3)c(=S)[nH]c1=O)[NH2+]CC2. The highest BCUT2D eigenvalue weighted by molar-refractivity contribution is 7.71. The summed E-state index contributed by atoms with van der Waals surface area (Å²) in [6.45, 7) is 0.720. The molecule has 156 valence electrons. The Balaban J connectivity index is 1.93. The molecule has 1 aromatic heterocycles. The minimum atomic E-state index is -0.473. The average molecular weight is 430 g/mol. The van der Waals surface area contributed by atoms with Crippen LogP contribution in [0.2, 0.25) is 0 Å². The Kier molecular flexibility index (Phi) is 5.31. The number of hydrogen-bond acceptors (Lipinski definition) is 5. The summed E-state index contributed by atoms with van der Waals surface area (Å²) in [6.07, 6.45) is 0.780. The Bertz CT molecular complexity index is 1220. The molecule has 4 N–H and O–H groups in total. The first-order chi connectivity index (χ1) is 14.4. The fourth-order valence-corrected chi connectivity index (χ4v) is 4.18. The van der Waals surface area contributed by atoms with E-state index in [0.29, 0.717) is 17.2 Å². The van der Waals surface area contributed by atoms with Crippen LogP contribution in [0.5, 0.6) is 17.4 Å². The minimum Gasteiger partial charge on any atom is -0.494 e. The lowest BCUT2D eigenvalue weighted by Crippen LogP contribution is -2.87. The maximum Gasteiger partial charge on any atom is 0.265 e. The largest absolute Gasteiger partial charge is 0.494 e. The molecule has 4 rings (SSSR count). The zero-order valence-electron chi connectivity index (χ0n) is 16.4. The number of halogens is 1. The molecule has 0 saturated carbocycles. The summed E-state index contributed by atoms with van der Waals surface area (Å²) in [4.78, 5) is 15.5. The number of fused-ring (bicyclic) bond motifs is 1. The molecule has 1 aliphatic heterocycles. The number of nitrogens with two attached hydrogens (primary N) is 1. The van der Waals surface area contributed by atoms with Crippen molar-refractivity contribution in [3.63, 3.8) is 0 Å². The number of quaternary nitrogens is 1. The van der Waals surface area contributed by atoms with Crippen LogP contribution >= 0.6 is 12.2 Å². The van der Waals surface area contributed by atoms with Gasteiger partial charge in [-0.05, 0) is 54.2 Å². The Morgan fingerprint density at radius 3 is 2.53 bits per heavy atom. The lowest BCUT2D eigenvalue weighted by Gasteiger charge is -2.26. The molecule has 3 aromatic rings. The lowest BCUT2D eigenvalue weighted by atomic mass is 9.90. The van der Waals surface area contributed by atoms with Gasteiger partial charge in [0.1, 0.15) is 17.4 Å². The first kappa shape index (κ1) is 20.1. The van der Waals surface area contributed by atoms with Gasteiger partial charge in [0.25, 0.3) is 5.56 Å². The van der Waals surface area contributed by atoms with Crippen molar-refractivity contribution in [1.82, 2.24) is 9.55 Å². The molecule has 1 aliphatic rings. The number of methoxy groups -OCH3 is 2. The average Bonchev–Trinajstić information content (AvgIpc) is 2.73. The van der Waals surface area contributed by atoms with Gasteiger partial charge in [-0.15, -0.1) is 0 Å². The Morgan fingerprint density at radius 1 is 1.20 bits per heavy atom. The molecule has 2 heterocycles. The number of ether oxygens (including phenoxy) is 2. The van der Waals surface area contributed by atoms with Gasteiger partial charge in [0.15, 0.2) is 16.3 Å². The third kappa shape index (κ3) is 3.35. The summed E-state index contributed by atoms with van der Waals surface area (Å²) in [7, 11) is 3.12. The van der Waals surface area contributed by atoms with Crippen molar-refractivity contribution in [2.75, 3.05) is 20.8 Å². The number of nitrogens with zero attached hydrogens (tertiary/aromatic N) is 1. The van der Waals surface area contributed by atoms with E-state index in [1.165, 1.54) is 28.8 Å². The van der Waals surface area contributed by atoms with E-state index in [2.05, 4.69) is 4.98 Å². The van der Waals surface area contributed by atoms with E-state index >= 15 is 0 Å². The molecule has 0 bridgehead atoms. The second-order valence-electron chi connectivity index (χ2n) is 6.97. The molecule has 9 heteroatoms. The first-order valence-electron chi connectivity index (χ1n) is 9.36. The number of aromatic amines is 1. The molecular weight excluding hydrogens is 409 g/mol. The molecule has 0 radical (unpaired) electrons. The van der Waals surface area contributed by atoms with Crippen molar-refractivity contribution in [2.45, 2.75) is 12.5 Å². The summed E-state index contributed by atoms with van der Waals surface area (Å²) in [5.74, 6) is 0.459. The van der Waals surface area contributed by atoms with E-state index in [-0.39, 0.29) is 16.2 Å². The number of H-pyrrole nitrogens is 1. The van der Waals surface area contributed by atoms with Gasteiger partial charge in [-0.25, -0.2) is 4.39 Å². The molecule has 0 fully saturated rings. The predicted octanol–water partition coefficient (Wildman–Crippen LogP) is 1.97. The summed E-state index contributed by atoms with van der Waals surface area (Å²) in [6, 6.07) is 8.76. The lowest BCUT2D eigenvalue weighted by molar-refractivity contribution is -0.690. The van der Waals surface area contributed by atoms with Crippen LogP contribution in [-0.4, -0.2) is 35.4 Å². The molecular formula is C21H21FN3O4S+. The quantitative estimate of drug-likeness (QED) is 0.551. The van der Waals surface area contributed by atoms with E-state index in [4.69, 9.17) is 21.7 Å². The second-order valence-corrected chi connectivity index (χ2v) is 7.35. The molecule has 0 aliphatic carbocycles. The van der Waals surface area contributed by atoms with E-state index in [1.54, 1.807) is 14.2 Å². The molecule has 0 saturated heterocycles. The molecule has 0 spiro atoms. The van der Waals surface area contributed by atoms with Crippen molar-refractivity contribution in [3.05, 3.63) is 74.0 Å².